The van der Waals surface area contributed by atoms with Gasteiger partial charge in [-0.05, 0) is 48.4 Å². The van der Waals surface area contributed by atoms with Gasteiger partial charge < -0.3 is 4.90 Å². The molecule has 0 amide bonds. The summed E-state index contributed by atoms with van der Waals surface area (Å²) >= 11 is 0. The van der Waals surface area contributed by atoms with Gasteiger partial charge in [0.2, 0.25) is 0 Å². The van der Waals surface area contributed by atoms with Crippen LogP contribution in [0.4, 0.5) is 11.4 Å². The molecule has 4 aromatic carbocycles. The summed E-state index contributed by atoms with van der Waals surface area (Å²) in [5, 5.41) is 2.56. The van der Waals surface area contributed by atoms with Gasteiger partial charge in [-0.3, -0.25) is 0 Å². The first-order chi connectivity index (χ1) is 12.8. The molecule has 0 heterocycles. The van der Waals surface area contributed by atoms with Crippen molar-refractivity contribution >= 4 is 22.1 Å². The van der Waals surface area contributed by atoms with Gasteiger partial charge in [-0.25, -0.2) is 0 Å². The van der Waals surface area contributed by atoms with Crippen molar-refractivity contribution < 1.29 is 0 Å². The highest BCUT2D eigenvalue weighted by molar-refractivity contribution is 6.00. The van der Waals surface area contributed by atoms with E-state index in [2.05, 4.69) is 116 Å². The monoisotopic (exact) mass is 337 g/mol. The van der Waals surface area contributed by atoms with Crippen molar-refractivity contribution in [2.45, 2.75) is 19.9 Å². The van der Waals surface area contributed by atoms with Gasteiger partial charge >= 0.3 is 0 Å². The molecule has 26 heavy (non-hydrogen) atoms. The highest BCUT2D eigenvalue weighted by atomic mass is 15.2. The first-order valence-corrected chi connectivity index (χ1v) is 9.17. The van der Waals surface area contributed by atoms with Gasteiger partial charge in [0.1, 0.15) is 0 Å². The Morgan fingerprint density at radius 1 is 0.577 bits per heavy atom. The molecular weight excluding hydrogens is 314 g/mol. The van der Waals surface area contributed by atoms with E-state index in [1.165, 1.54) is 33.3 Å². The SMILES string of the molecule is CC(C)N(c1ccccc1)c1ccccc1-c1cccc2ccccc12. The zero-order chi connectivity index (χ0) is 17.9. The Kier molecular flexibility index (Phi) is 4.45. The molecule has 0 bridgehead atoms. The lowest BCUT2D eigenvalue weighted by molar-refractivity contribution is 0.789. The van der Waals surface area contributed by atoms with E-state index in [0.29, 0.717) is 6.04 Å². The summed E-state index contributed by atoms with van der Waals surface area (Å²) < 4.78 is 0. The molecule has 0 aliphatic rings. The normalized spacial score (nSPS) is 11.0. The molecule has 0 N–H and O–H groups in total. The smallest absolute Gasteiger partial charge is 0.0493 e. The molecule has 128 valence electrons. The lowest BCUT2D eigenvalue weighted by Gasteiger charge is -2.31. The minimum absolute atomic E-state index is 0.355. The maximum atomic E-state index is 2.41. The van der Waals surface area contributed by atoms with Crippen LogP contribution in [0.1, 0.15) is 13.8 Å². The zero-order valence-corrected chi connectivity index (χ0v) is 15.3. The molecule has 4 rings (SSSR count). The minimum atomic E-state index is 0.355. The van der Waals surface area contributed by atoms with Crippen LogP contribution in [0.25, 0.3) is 21.9 Å². The van der Waals surface area contributed by atoms with Gasteiger partial charge in [0.15, 0.2) is 0 Å². The van der Waals surface area contributed by atoms with E-state index in [4.69, 9.17) is 0 Å². The molecule has 0 fully saturated rings. The van der Waals surface area contributed by atoms with E-state index in [1.54, 1.807) is 0 Å². The average Bonchev–Trinajstić information content (AvgIpc) is 2.69. The Balaban J connectivity index is 1.95. The first-order valence-electron chi connectivity index (χ1n) is 9.17. The fourth-order valence-electron chi connectivity index (χ4n) is 3.68. The van der Waals surface area contributed by atoms with Crippen LogP contribution >= 0.6 is 0 Å². The van der Waals surface area contributed by atoms with E-state index in [9.17, 15) is 0 Å². The number of fused-ring (bicyclic) bond motifs is 1. The predicted octanol–water partition coefficient (Wildman–Crippen LogP) is 7.05. The summed E-state index contributed by atoms with van der Waals surface area (Å²) in [6, 6.07) is 34.9. The predicted molar refractivity (Wildman–Crippen MR) is 113 cm³/mol. The molecule has 0 radical (unpaired) electrons. The van der Waals surface area contributed by atoms with Crippen molar-refractivity contribution in [3.8, 4) is 11.1 Å². The number of para-hydroxylation sites is 2. The average molecular weight is 337 g/mol. The van der Waals surface area contributed by atoms with Crippen molar-refractivity contribution in [3.05, 3.63) is 97.1 Å². The van der Waals surface area contributed by atoms with E-state index in [0.717, 1.165) is 0 Å². The van der Waals surface area contributed by atoms with Gasteiger partial charge in [-0.2, -0.15) is 0 Å². The van der Waals surface area contributed by atoms with E-state index < -0.39 is 0 Å². The molecule has 1 heteroatoms. The Bertz CT molecular complexity index is 1010. The van der Waals surface area contributed by atoms with Crippen molar-refractivity contribution in [1.82, 2.24) is 0 Å². The summed E-state index contributed by atoms with van der Waals surface area (Å²) in [6.45, 7) is 4.49. The fraction of sp³-hybridized carbons (Fsp3) is 0.120. The highest BCUT2D eigenvalue weighted by Crippen LogP contribution is 2.39. The third kappa shape index (κ3) is 2.97. The van der Waals surface area contributed by atoms with Crippen LogP contribution in [0, 0.1) is 0 Å². The van der Waals surface area contributed by atoms with Gasteiger partial charge in [-0.15, -0.1) is 0 Å². The van der Waals surface area contributed by atoms with Gasteiger partial charge in [0.25, 0.3) is 0 Å². The first kappa shape index (κ1) is 16.4. The molecule has 0 spiro atoms. The summed E-state index contributed by atoms with van der Waals surface area (Å²) in [5.41, 5.74) is 5.00. The largest absolute Gasteiger partial charge is 0.338 e. The van der Waals surface area contributed by atoms with Crippen LogP contribution in [0.3, 0.4) is 0 Å². The third-order valence-corrected chi connectivity index (χ3v) is 4.79. The van der Waals surface area contributed by atoms with Crippen LogP contribution in [0.5, 0.6) is 0 Å². The number of benzene rings is 4. The minimum Gasteiger partial charge on any atom is -0.338 e. The van der Waals surface area contributed by atoms with Crippen molar-refractivity contribution in [2.24, 2.45) is 0 Å². The number of anilines is 2. The van der Waals surface area contributed by atoms with Crippen molar-refractivity contribution in [3.63, 3.8) is 0 Å². The molecule has 0 aliphatic carbocycles. The fourth-order valence-corrected chi connectivity index (χ4v) is 3.68. The standard InChI is InChI=1S/C25H23N/c1-19(2)26(21-13-4-3-5-14-21)25-18-9-8-16-24(25)23-17-10-12-20-11-6-7-15-22(20)23/h3-19H,1-2H3. The molecule has 4 aromatic rings. The van der Waals surface area contributed by atoms with Crippen LogP contribution < -0.4 is 4.90 Å². The van der Waals surface area contributed by atoms with Gasteiger partial charge in [-0.1, -0.05) is 78.9 Å². The summed E-state index contributed by atoms with van der Waals surface area (Å²) in [6.07, 6.45) is 0. The van der Waals surface area contributed by atoms with Crippen LogP contribution in [-0.2, 0) is 0 Å². The molecule has 0 atom stereocenters. The van der Waals surface area contributed by atoms with Crippen LogP contribution in [-0.4, -0.2) is 6.04 Å². The van der Waals surface area contributed by atoms with Gasteiger partial charge in [0, 0.05) is 23.0 Å². The van der Waals surface area contributed by atoms with Crippen molar-refractivity contribution in [2.75, 3.05) is 4.90 Å². The lowest BCUT2D eigenvalue weighted by atomic mass is 9.96. The third-order valence-electron chi connectivity index (χ3n) is 4.79. The number of rotatable bonds is 4. The summed E-state index contributed by atoms with van der Waals surface area (Å²) in [4.78, 5) is 2.41. The molecule has 0 saturated heterocycles. The summed E-state index contributed by atoms with van der Waals surface area (Å²) in [5.74, 6) is 0. The quantitative estimate of drug-likeness (QED) is 0.385. The molecule has 0 unspecified atom stereocenters. The highest BCUT2D eigenvalue weighted by Gasteiger charge is 2.17. The second kappa shape index (κ2) is 7.05. The Morgan fingerprint density at radius 3 is 2.00 bits per heavy atom. The van der Waals surface area contributed by atoms with Crippen LogP contribution in [0.15, 0.2) is 97.1 Å². The van der Waals surface area contributed by atoms with E-state index in [-0.39, 0.29) is 0 Å². The second-order valence-corrected chi connectivity index (χ2v) is 6.84. The molecule has 0 saturated carbocycles. The molecular formula is C25H23N. The zero-order valence-electron chi connectivity index (χ0n) is 15.3. The van der Waals surface area contributed by atoms with Gasteiger partial charge in [0.05, 0.1) is 0 Å². The van der Waals surface area contributed by atoms with Crippen molar-refractivity contribution in [1.29, 1.82) is 0 Å². The topological polar surface area (TPSA) is 3.24 Å². The molecule has 0 aromatic heterocycles. The van der Waals surface area contributed by atoms with E-state index >= 15 is 0 Å². The van der Waals surface area contributed by atoms with E-state index in [1.807, 2.05) is 0 Å². The number of hydrogen-bond acceptors (Lipinski definition) is 1. The Labute approximate surface area is 155 Å². The maximum Gasteiger partial charge on any atom is 0.0493 e. The maximum absolute atomic E-state index is 2.41. The molecule has 1 nitrogen and oxygen atoms in total. The molecule has 0 aliphatic heterocycles. The number of hydrogen-bond donors (Lipinski definition) is 0. The Morgan fingerprint density at radius 2 is 1.19 bits per heavy atom. The van der Waals surface area contributed by atoms with Crippen LogP contribution in [0.2, 0.25) is 0 Å². The second-order valence-electron chi connectivity index (χ2n) is 6.84. The lowest BCUT2D eigenvalue weighted by Crippen LogP contribution is -2.25. The number of nitrogens with zero attached hydrogens (tertiary/aromatic N) is 1. The Hall–Kier alpha value is -3.06. The summed E-state index contributed by atoms with van der Waals surface area (Å²) in [7, 11) is 0.